The SMILES string of the molecule is COC(=O)c1cn(-c2cccc(C(=O)NCCO)c2)cc2c(=O)[nH]nc1-2. The van der Waals surface area contributed by atoms with Gasteiger partial charge in [-0.15, -0.1) is 0 Å². The molecule has 0 aliphatic carbocycles. The van der Waals surface area contributed by atoms with E-state index >= 15 is 0 Å². The van der Waals surface area contributed by atoms with Gasteiger partial charge in [0.15, 0.2) is 0 Å². The number of H-pyrrole nitrogens is 1. The first-order chi connectivity index (χ1) is 12.5. The number of rotatable bonds is 5. The van der Waals surface area contributed by atoms with E-state index in [-0.39, 0.29) is 35.9 Å². The molecule has 0 spiro atoms. The normalized spacial score (nSPS) is 10.7. The Morgan fingerprint density at radius 2 is 2.15 bits per heavy atom. The molecule has 0 unspecified atom stereocenters. The maximum absolute atomic E-state index is 12.1. The number of carbonyl (C=O) groups is 2. The fraction of sp³-hybridized carbons (Fsp3) is 0.176. The van der Waals surface area contributed by atoms with Gasteiger partial charge in [0.2, 0.25) is 0 Å². The minimum atomic E-state index is -0.632. The van der Waals surface area contributed by atoms with E-state index in [2.05, 4.69) is 15.5 Å². The minimum absolute atomic E-state index is 0.124. The Kier molecular flexibility index (Phi) is 4.81. The quantitative estimate of drug-likeness (QED) is 0.560. The molecule has 0 fully saturated rings. The molecule has 1 amide bonds. The minimum Gasteiger partial charge on any atom is -0.465 e. The summed E-state index contributed by atoms with van der Waals surface area (Å²) in [6, 6.07) is 6.61. The van der Waals surface area contributed by atoms with Gasteiger partial charge in [-0.1, -0.05) is 6.07 Å². The van der Waals surface area contributed by atoms with Gasteiger partial charge in [0.1, 0.15) is 11.3 Å². The zero-order valence-electron chi connectivity index (χ0n) is 13.9. The summed E-state index contributed by atoms with van der Waals surface area (Å²) in [5.41, 5.74) is 1.07. The van der Waals surface area contributed by atoms with Crippen molar-refractivity contribution in [2.75, 3.05) is 20.3 Å². The number of amides is 1. The molecule has 0 bridgehead atoms. The van der Waals surface area contributed by atoms with E-state index in [9.17, 15) is 14.4 Å². The number of pyridine rings is 1. The lowest BCUT2D eigenvalue weighted by Gasteiger charge is -2.13. The third-order valence-corrected chi connectivity index (χ3v) is 3.77. The van der Waals surface area contributed by atoms with Gasteiger partial charge in [-0.3, -0.25) is 9.59 Å². The standard InChI is InChI=1S/C17H16N4O5/c1-26-17(25)13-9-21(8-12-14(13)19-20-16(12)24)11-4-2-3-10(7-11)15(23)18-5-6-22/h2-4,7-9,22H,5-6H2,1H3,(H,18,23)(H,20,24). The van der Waals surface area contributed by atoms with Crippen LogP contribution in [0.5, 0.6) is 0 Å². The first-order valence-electron chi connectivity index (χ1n) is 7.73. The van der Waals surface area contributed by atoms with Gasteiger partial charge < -0.3 is 19.7 Å². The molecule has 0 aromatic heterocycles. The van der Waals surface area contributed by atoms with E-state index in [0.29, 0.717) is 11.3 Å². The van der Waals surface area contributed by atoms with Gasteiger partial charge >= 0.3 is 5.97 Å². The highest BCUT2D eigenvalue weighted by atomic mass is 16.5. The van der Waals surface area contributed by atoms with E-state index in [1.54, 1.807) is 28.8 Å². The molecule has 2 aliphatic heterocycles. The van der Waals surface area contributed by atoms with Crippen LogP contribution in [-0.2, 0) is 4.74 Å². The summed E-state index contributed by atoms with van der Waals surface area (Å²) in [6.07, 6.45) is 3.01. The number of methoxy groups -OCH3 is 1. The zero-order valence-corrected chi connectivity index (χ0v) is 13.9. The van der Waals surface area contributed by atoms with E-state index in [1.165, 1.54) is 19.5 Å². The molecule has 0 saturated heterocycles. The van der Waals surface area contributed by atoms with Crippen molar-refractivity contribution in [1.29, 1.82) is 0 Å². The number of fused-ring (bicyclic) bond motifs is 1. The molecule has 1 aromatic rings. The molecule has 0 radical (unpaired) electrons. The molecule has 2 heterocycles. The molecule has 0 saturated carbocycles. The molecular weight excluding hydrogens is 340 g/mol. The number of aromatic nitrogens is 3. The lowest BCUT2D eigenvalue weighted by molar-refractivity contribution is 0.0600. The number of nitrogens with one attached hydrogen (secondary N) is 2. The van der Waals surface area contributed by atoms with Crippen LogP contribution in [0.4, 0.5) is 0 Å². The summed E-state index contributed by atoms with van der Waals surface area (Å²) >= 11 is 0. The topological polar surface area (TPSA) is 126 Å². The fourth-order valence-electron chi connectivity index (χ4n) is 2.52. The Morgan fingerprint density at radius 1 is 1.35 bits per heavy atom. The molecular formula is C17H16N4O5. The number of aliphatic hydroxyl groups is 1. The maximum Gasteiger partial charge on any atom is 0.341 e. The molecule has 9 nitrogen and oxygen atoms in total. The van der Waals surface area contributed by atoms with Crippen LogP contribution in [0.2, 0.25) is 0 Å². The highest BCUT2D eigenvalue weighted by Gasteiger charge is 2.22. The second kappa shape index (κ2) is 7.19. The summed E-state index contributed by atoms with van der Waals surface area (Å²) in [5, 5.41) is 17.5. The van der Waals surface area contributed by atoms with Crippen LogP contribution in [0.1, 0.15) is 20.7 Å². The number of nitrogens with zero attached hydrogens (tertiary/aromatic N) is 2. The van der Waals surface area contributed by atoms with Crippen molar-refractivity contribution in [3.63, 3.8) is 0 Å². The van der Waals surface area contributed by atoms with Crippen LogP contribution in [0.15, 0.2) is 41.5 Å². The van der Waals surface area contributed by atoms with Gasteiger partial charge in [-0.2, -0.15) is 5.10 Å². The average molecular weight is 356 g/mol. The molecule has 2 aliphatic rings. The molecule has 1 aromatic carbocycles. The van der Waals surface area contributed by atoms with Crippen LogP contribution >= 0.6 is 0 Å². The van der Waals surface area contributed by atoms with Crippen molar-refractivity contribution < 1.29 is 19.4 Å². The number of hydrogen-bond acceptors (Lipinski definition) is 6. The fourth-order valence-corrected chi connectivity index (χ4v) is 2.52. The predicted octanol–water partition coefficient (Wildman–Crippen LogP) is 0.174. The van der Waals surface area contributed by atoms with Gasteiger partial charge in [0, 0.05) is 30.2 Å². The highest BCUT2D eigenvalue weighted by Crippen LogP contribution is 2.23. The maximum atomic E-state index is 12.1. The zero-order chi connectivity index (χ0) is 18.7. The van der Waals surface area contributed by atoms with Gasteiger partial charge in [-0.25, -0.2) is 9.89 Å². The summed E-state index contributed by atoms with van der Waals surface area (Å²) in [6.45, 7) is -0.0185. The lowest BCUT2D eigenvalue weighted by Crippen LogP contribution is -2.26. The Labute approximate surface area is 147 Å². The smallest absolute Gasteiger partial charge is 0.341 e. The second-order valence-corrected chi connectivity index (χ2v) is 5.42. The number of ether oxygens (including phenoxy) is 1. The Bertz CT molecular complexity index is 991. The lowest BCUT2D eigenvalue weighted by atomic mass is 10.1. The van der Waals surface area contributed by atoms with Crippen molar-refractivity contribution in [3.05, 3.63) is 58.1 Å². The van der Waals surface area contributed by atoms with Crippen molar-refractivity contribution in [3.8, 4) is 16.9 Å². The summed E-state index contributed by atoms with van der Waals surface area (Å²) < 4.78 is 6.30. The van der Waals surface area contributed by atoms with Crippen LogP contribution in [0.3, 0.4) is 0 Å². The van der Waals surface area contributed by atoms with Crippen LogP contribution in [0.25, 0.3) is 16.9 Å². The summed E-state index contributed by atoms with van der Waals surface area (Å²) in [5.74, 6) is -0.976. The third kappa shape index (κ3) is 3.20. The molecule has 26 heavy (non-hydrogen) atoms. The average Bonchev–Trinajstić information content (AvgIpc) is 3.05. The molecule has 3 N–H and O–H groups in total. The summed E-state index contributed by atoms with van der Waals surface area (Å²) in [4.78, 5) is 36.0. The number of aromatic amines is 1. The van der Waals surface area contributed by atoms with Crippen molar-refractivity contribution in [1.82, 2.24) is 20.1 Å². The monoisotopic (exact) mass is 356 g/mol. The predicted molar refractivity (Wildman–Crippen MR) is 91.6 cm³/mol. The van der Waals surface area contributed by atoms with Crippen molar-refractivity contribution in [2.24, 2.45) is 0 Å². The highest BCUT2D eigenvalue weighted by molar-refractivity contribution is 5.96. The summed E-state index contributed by atoms with van der Waals surface area (Å²) in [7, 11) is 1.24. The van der Waals surface area contributed by atoms with Gasteiger partial charge in [0.05, 0.1) is 19.3 Å². The van der Waals surface area contributed by atoms with Gasteiger partial charge in [-0.05, 0) is 18.2 Å². The van der Waals surface area contributed by atoms with Crippen LogP contribution in [-0.4, -0.2) is 52.0 Å². The number of esters is 1. The number of hydrogen-bond donors (Lipinski definition) is 3. The number of aliphatic hydroxyl groups excluding tert-OH is 1. The van der Waals surface area contributed by atoms with Crippen LogP contribution < -0.4 is 10.9 Å². The third-order valence-electron chi connectivity index (χ3n) is 3.77. The Balaban J connectivity index is 2.09. The molecule has 9 heteroatoms. The van der Waals surface area contributed by atoms with E-state index in [0.717, 1.165) is 0 Å². The Morgan fingerprint density at radius 3 is 2.88 bits per heavy atom. The number of carbonyl (C=O) groups excluding carboxylic acids is 2. The first kappa shape index (κ1) is 17.4. The van der Waals surface area contributed by atoms with Crippen molar-refractivity contribution >= 4 is 11.9 Å². The van der Waals surface area contributed by atoms with Gasteiger partial charge in [0.25, 0.3) is 11.5 Å². The first-order valence-corrected chi connectivity index (χ1v) is 7.73. The van der Waals surface area contributed by atoms with E-state index in [1.807, 2.05) is 0 Å². The largest absolute Gasteiger partial charge is 0.465 e. The molecule has 134 valence electrons. The second-order valence-electron chi connectivity index (χ2n) is 5.42. The van der Waals surface area contributed by atoms with Crippen LogP contribution in [0, 0.1) is 0 Å². The molecule has 0 atom stereocenters. The van der Waals surface area contributed by atoms with Crippen molar-refractivity contribution in [2.45, 2.75) is 0 Å². The Hall–Kier alpha value is -3.46. The number of benzene rings is 1. The van der Waals surface area contributed by atoms with E-state index in [4.69, 9.17) is 9.84 Å². The van der Waals surface area contributed by atoms with E-state index < -0.39 is 11.5 Å². The molecule has 3 rings (SSSR count).